The van der Waals surface area contributed by atoms with Crippen LogP contribution in [0.4, 0.5) is 10.1 Å². The molecule has 1 amide bonds. The zero-order valence-corrected chi connectivity index (χ0v) is 8.37. The topological polar surface area (TPSA) is 32.3 Å². The number of anilines is 1. The molecule has 0 saturated carbocycles. The van der Waals surface area contributed by atoms with Gasteiger partial charge >= 0.3 is 0 Å². The lowest BCUT2D eigenvalue weighted by Crippen LogP contribution is -2.32. The van der Waals surface area contributed by atoms with Crippen molar-refractivity contribution in [3.63, 3.8) is 0 Å². The second-order valence-corrected chi connectivity index (χ2v) is 3.52. The fourth-order valence-corrected chi connectivity index (χ4v) is 1.66. The minimum Gasteiger partial charge on any atom is -0.314 e. The Morgan fingerprint density at radius 1 is 1.20 bits per heavy atom. The molecule has 0 aromatic heterocycles. The lowest BCUT2D eigenvalue weighted by Gasteiger charge is -2.20. The highest BCUT2D eigenvalue weighted by molar-refractivity contribution is 5.93. The van der Waals surface area contributed by atoms with E-state index < -0.39 is 0 Å². The molecule has 1 aromatic rings. The quantitative estimate of drug-likeness (QED) is 0.751. The molecule has 3 nitrogen and oxygen atoms in total. The van der Waals surface area contributed by atoms with Crippen molar-refractivity contribution in [2.45, 2.75) is 6.42 Å². The summed E-state index contributed by atoms with van der Waals surface area (Å²) >= 11 is 0. The van der Waals surface area contributed by atoms with E-state index in [0.717, 1.165) is 18.8 Å². The highest BCUT2D eigenvalue weighted by atomic mass is 19.1. The molecule has 0 aliphatic carbocycles. The van der Waals surface area contributed by atoms with Gasteiger partial charge in [0.05, 0.1) is 0 Å². The Balaban J connectivity index is 2.20. The Kier molecular flexibility index (Phi) is 2.97. The summed E-state index contributed by atoms with van der Waals surface area (Å²) in [5.41, 5.74) is 0.769. The van der Waals surface area contributed by atoms with Gasteiger partial charge in [-0.15, -0.1) is 0 Å². The van der Waals surface area contributed by atoms with Gasteiger partial charge in [0.25, 0.3) is 0 Å². The number of rotatable bonds is 1. The lowest BCUT2D eigenvalue weighted by molar-refractivity contribution is -0.118. The Bertz CT molecular complexity index is 350. The monoisotopic (exact) mass is 208 g/mol. The first-order valence-electron chi connectivity index (χ1n) is 5.04. The molecular formula is C11H13FN2O. The number of nitrogens with zero attached hydrogens (tertiary/aromatic N) is 1. The molecule has 1 saturated heterocycles. The van der Waals surface area contributed by atoms with Gasteiger partial charge in [0, 0.05) is 31.7 Å². The number of carbonyl (C=O) groups excluding carboxylic acids is 1. The van der Waals surface area contributed by atoms with Gasteiger partial charge in [-0.3, -0.25) is 4.79 Å². The summed E-state index contributed by atoms with van der Waals surface area (Å²) in [4.78, 5) is 13.4. The van der Waals surface area contributed by atoms with Crippen molar-refractivity contribution >= 4 is 11.6 Å². The minimum atomic E-state index is -0.279. The smallest absolute Gasteiger partial charge is 0.228 e. The molecule has 0 bridgehead atoms. The zero-order chi connectivity index (χ0) is 10.7. The van der Waals surface area contributed by atoms with Gasteiger partial charge in [-0.25, -0.2) is 4.39 Å². The predicted molar refractivity (Wildman–Crippen MR) is 56.2 cm³/mol. The van der Waals surface area contributed by atoms with E-state index in [0.29, 0.717) is 13.0 Å². The molecule has 15 heavy (non-hydrogen) atoms. The second kappa shape index (κ2) is 4.40. The number of amides is 1. The first-order valence-corrected chi connectivity index (χ1v) is 5.04. The molecule has 0 atom stereocenters. The summed E-state index contributed by atoms with van der Waals surface area (Å²) in [5, 5.41) is 3.15. The highest BCUT2D eigenvalue weighted by Gasteiger charge is 2.17. The van der Waals surface area contributed by atoms with Gasteiger partial charge in [-0.1, -0.05) is 0 Å². The van der Waals surface area contributed by atoms with Crippen molar-refractivity contribution < 1.29 is 9.18 Å². The van der Waals surface area contributed by atoms with E-state index in [1.165, 1.54) is 12.1 Å². The predicted octanol–water partition coefficient (Wildman–Crippen LogP) is 1.15. The van der Waals surface area contributed by atoms with Gasteiger partial charge in [0.2, 0.25) is 5.91 Å². The van der Waals surface area contributed by atoms with Crippen LogP contribution in [-0.2, 0) is 4.79 Å². The normalized spacial score (nSPS) is 17.7. The van der Waals surface area contributed by atoms with Crippen LogP contribution in [0, 0.1) is 5.82 Å². The average Bonchev–Trinajstić information content (AvgIpc) is 2.44. The van der Waals surface area contributed by atoms with E-state index in [2.05, 4.69) is 5.32 Å². The number of benzene rings is 1. The van der Waals surface area contributed by atoms with Crippen molar-refractivity contribution in [2.75, 3.05) is 24.5 Å². The molecule has 0 spiro atoms. The Morgan fingerprint density at radius 3 is 2.67 bits per heavy atom. The van der Waals surface area contributed by atoms with Crippen molar-refractivity contribution in [2.24, 2.45) is 0 Å². The maximum absolute atomic E-state index is 12.7. The van der Waals surface area contributed by atoms with E-state index >= 15 is 0 Å². The van der Waals surface area contributed by atoms with Crippen LogP contribution in [0.25, 0.3) is 0 Å². The van der Waals surface area contributed by atoms with Gasteiger partial charge in [0.15, 0.2) is 0 Å². The molecule has 1 fully saturated rings. The van der Waals surface area contributed by atoms with E-state index in [1.54, 1.807) is 17.0 Å². The summed E-state index contributed by atoms with van der Waals surface area (Å²) in [5.74, 6) is -0.189. The summed E-state index contributed by atoms with van der Waals surface area (Å²) in [6, 6.07) is 6.03. The van der Waals surface area contributed by atoms with Gasteiger partial charge in [0.1, 0.15) is 5.82 Å². The van der Waals surface area contributed by atoms with E-state index in [-0.39, 0.29) is 11.7 Å². The molecule has 1 aliphatic rings. The Morgan fingerprint density at radius 2 is 1.93 bits per heavy atom. The Labute approximate surface area is 87.9 Å². The maximum Gasteiger partial charge on any atom is 0.228 e. The molecule has 4 heteroatoms. The first-order chi connectivity index (χ1) is 7.27. The molecular weight excluding hydrogens is 195 g/mol. The van der Waals surface area contributed by atoms with Crippen LogP contribution < -0.4 is 10.2 Å². The number of halogens is 1. The van der Waals surface area contributed by atoms with E-state index in [9.17, 15) is 9.18 Å². The second-order valence-electron chi connectivity index (χ2n) is 3.52. The van der Waals surface area contributed by atoms with Gasteiger partial charge in [-0.2, -0.15) is 0 Å². The SMILES string of the molecule is O=C1CCNCCN1c1ccc(F)cc1. The van der Waals surface area contributed by atoms with Crippen LogP contribution in [0.15, 0.2) is 24.3 Å². The van der Waals surface area contributed by atoms with E-state index in [1.807, 2.05) is 0 Å². The first kappa shape index (κ1) is 10.1. The maximum atomic E-state index is 12.7. The average molecular weight is 208 g/mol. The van der Waals surface area contributed by atoms with Crippen LogP contribution in [0.1, 0.15) is 6.42 Å². The fourth-order valence-electron chi connectivity index (χ4n) is 1.66. The zero-order valence-electron chi connectivity index (χ0n) is 8.37. The summed E-state index contributed by atoms with van der Waals surface area (Å²) in [6.45, 7) is 2.14. The summed E-state index contributed by atoms with van der Waals surface area (Å²) in [7, 11) is 0. The molecule has 0 radical (unpaired) electrons. The molecule has 1 aromatic carbocycles. The van der Waals surface area contributed by atoms with Crippen molar-refractivity contribution in [1.29, 1.82) is 0 Å². The van der Waals surface area contributed by atoms with Gasteiger partial charge < -0.3 is 10.2 Å². The minimum absolute atomic E-state index is 0.0895. The summed E-state index contributed by atoms with van der Waals surface area (Å²) < 4.78 is 12.7. The largest absolute Gasteiger partial charge is 0.314 e. The third-order valence-corrected chi connectivity index (χ3v) is 2.47. The molecule has 1 aliphatic heterocycles. The van der Waals surface area contributed by atoms with Crippen LogP contribution >= 0.6 is 0 Å². The van der Waals surface area contributed by atoms with Gasteiger partial charge in [-0.05, 0) is 24.3 Å². The fraction of sp³-hybridized carbons (Fsp3) is 0.364. The van der Waals surface area contributed by atoms with Crippen LogP contribution in [-0.4, -0.2) is 25.5 Å². The highest BCUT2D eigenvalue weighted by Crippen LogP contribution is 2.16. The van der Waals surface area contributed by atoms with Crippen LogP contribution in [0.2, 0.25) is 0 Å². The van der Waals surface area contributed by atoms with Crippen molar-refractivity contribution in [1.82, 2.24) is 5.32 Å². The third kappa shape index (κ3) is 2.33. The number of carbonyl (C=O) groups is 1. The molecule has 80 valence electrons. The Hall–Kier alpha value is -1.42. The third-order valence-electron chi connectivity index (χ3n) is 2.47. The van der Waals surface area contributed by atoms with E-state index in [4.69, 9.17) is 0 Å². The van der Waals surface area contributed by atoms with Crippen LogP contribution in [0.3, 0.4) is 0 Å². The number of nitrogens with one attached hydrogen (secondary N) is 1. The van der Waals surface area contributed by atoms with Crippen molar-refractivity contribution in [3.8, 4) is 0 Å². The van der Waals surface area contributed by atoms with Crippen molar-refractivity contribution in [3.05, 3.63) is 30.1 Å². The molecule has 0 unspecified atom stereocenters. The number of hydrogen-bond donors (Lipinski definition) is 1. The standard InChI is InChI=1S/C11H13FN2O/c12-9-1-3-10(4-2-9)14-8-7-13-6-5-11(14)15/h1-4,13H,5-8H2. The molecule has 1 N–H and O–H groups in total. The lowest BCUT2D eigenvalue weighted by atomic mass is 10.2. The number of hydrogen-bond acceptors (Lipinski definition) is 2. The van der Waals surface area contributed by atoms with Crippen LogP contribution in [0.5, 0.6) is 0 Å². The molecule has 2 rings (SSSR count). The summed E-state index contributed by atoms with van der Waals surface area (Å²) in [6.07, 6.45) is 0.497. The molecule has 1 heterocycles.